The lowest BCUT2D eigenvalue weighted by Gasteiger charge is -2.17. The molecule has 0 saturated carbocycles. The quantitative estimate of drug-likeness (QED) is 0.719. The third kappa shape index (κ3) is 5.87. The molecule has 3 N–H and O–H groups in total. The molecule has 0 aliphatic carbocycles. The lowest BCUT2D eigenvalue weighted by Crippen LogP contribution is -2.46. The average molecular weight is 345 g/mol. The van der Waals surface area contributed by atoms with Gasteiger partial charge in [0.05, 0.1) is 24.6 Å². The summed E-state index contributed by atoms with van der Waals surface area (Å²) in [5.41, 5.74) is 0.539. The van der Waals surface area contributed by atoms with Crippen LogP contribution in [-0.4, -0.2) is 24.1 Å². The lowest BCUT2D eigenvalue weighted by atomic mass is 10.3. The first kappa shape index (κ1) is 18.4. The van der Waals surface area contributed by atoms with Crippen molar-refractivity contribution in [1.29, 1.82) is 0 Å². The molecule has 0 fully saturated rings. The molecule has 25 heavy (non-hydrogen) atoms. The van der Waals surface area contributed by atoms with Gasteiger partial charge in [0.2, 0.25) is 5.91 Å². The largest absolute Gasteiger partial charge is 0.489 e. The van der Waals surface area contributed by atoms with E-state index in [9.17, 15) is 9.59 Å². The highest BCUT2D eigenvalue weighted by Gasteiger charge is 2.16. The number of amides is 3. The summed E-state index contributed by atoms with van der Waals surface area (Å²) < 4.78 is 10.8. The zero-order valence-electron chi connectivity index (χ0n) is 14.5. The highest BCUT2D eigenvalue weighted by Crippen LogP contribution is 2.24. The molecule has 1 aromatic carbocycles. The summed E-state index contributed by atoms with van der Waals surface area (Å²) in [6, 6.07) is 9.44. The molecule has 134 valence electrons. The molecule has 7 heteroatoms. The Hall–Kier alpha value is -2.96. The molecular weight excluding hydrogens is 322 g/mol. The number of para-hydroxylation sites is 2. The van der Waals surface area contributed by atoms with E-state index in [2.05, 4.69) is 16.0 Å². The maximum Gasteiger partial charge on any atom is 0.319 e. The third-order valence-electron chi connectivity index (χ3n) is 3.26. The zero-order valence-corrected chi connectivity index (χ0v) is 14.5. The van der Waals surface area contributed by atoms with Crippen molar-refractivity contribution in [1.82, 2.24) is 10.6 Å². The Morgan fingerprint density at radius 2 is 1.88 bits per heavy atom. The first-order chi connectivity index (χ1) is 12.0. The number of hydrogen-bond donors (Lipinski definition) is 3. The van der Waals surface area contributed by atoms with E-state index in [-0.39, 0.29) is 18.6 Å². The highest BCUT2D eigenvalue weighted by atomic mass is 16.5. The fourth-order valence-electron chi connectivity index (χ4n) is 2.09. The van der Waals surface area contributed by atoms with Gasteiger partial charge in [0, 0.05) is 0 Å². The molecule has 0 aliphatic heterocycles. The minimum Gasteiger partial charge on any atom is -0.489 e. The molecule has 1 atom stereocenters. The van der Waals surface area contributed by atoms with Gasteiger partial charge in [-0.3, -0.25) is 4.79 Å². The number of hydrogen-bond acceptors (Lipinski definition) is 4. The number of carbonyl (C=O) groups is 2. The van der Waals surface area contributed by atoms with Gasteiger partial charge < -0.3 is 25.1 Å². The van der Waals surface area contributed by atoms with E-state index in [1.807, 2.05) is 19.9 Å². The highest BCUT2D eigenvalue weighted by molar-refractivity contribution is 5.94. The van der Waals surface area contributed by atoms with Crippen molar-refractivity contribution >= 4 is 17.6 Å². The monoisotopic (exact) mass is 345 g/mol. The first-order valence-corrected chi connectivity index (χ1v) is 8.09. The summed E-state index contributed by atoms with van der Waals surface area (Å²) in [5.74, 6) is 0.908. The maximum atomic E-state index is 12.1. The van der Waals surface area contributed by atoms with E-state index >= 15 is 0 Å². The summed E-state index contributed by atoms with van der Waals surface area (Å²) >= 11 is 0. The van der Waals surface area contributed by atoms with Crippen molar-refractivity contribution in [3.05, 3.63) is 48.4 Å². The molecule has 1 heterocycles. The van der Waals surface area contributed by atoms with Gasteiger partial charge in [0.25, 0.3) is 0 Å². The molecule has 1 aromatic heterocycles. The lowest BCUT2D eigenvalue weighted by molar-refractivity contribution is -0.122. The van der Waals surface area contributed by atoms with Crippen LogP contribution in [0.15, 0.2) is 47.1 Å². The van der Waals surface area contributed by atoms with Crippen molar-refractivity contribution in [2.45, 2.75) is 39.5 Å². The van der Waals surface area contributed by atoms with Crippen LogP contribution in [0.4, 0.5) is 10.5 Å². The SMILES string of the molecule is CC(C)Oc1ccccc1NC(=O)N[C@@H](C)C(=O)NCc1ccco1. The summed E-state index contributed by atoms with van der Waals surface area (Å²) in [6.45, 7) is 5.68. The van der Waals surface area contributed by atoms with Crippen LogP contribution >= 0.6 is 0 Å². The van der Waals surface area contributed by atoms with E-state index in [1.54, 1.807) is 37.3 Å². The van der Waals surface area contributed by atoms with E-state index in [0.29, 0.717) is 17.2 Å². The molecule has 0 aliphatic rings. The van der Waals surface area contributed by atoms with Crippen LogP contribution in [0, 0.1) is 0 Å². The Morgan fingerprint density at radius 3 is 2.56 bits per heavy atom. The fraction of sp³-hybridized carbons (Fsp3) is 0.333. The van der Waals surface area contributed by atoms with Crippen LogP contribution in [0.5, 0.6) is 5.75 Å². The summed E-state index contributed by atoms with van der Waals surface area (Å²) in [6.07, 6.45) is 1.52. The van der Waals surface area contributed by atoms with E-state index < -0.39 is 12.1 Å². The van der Waals surface area contributed by atoms with Gasteiger partial charge >= 0.3 is 6.03 Å². The van der Waals surface area contributed by atoms with Crippen molar-refractivity contribution in [2.24, 2.45) is 0 Å². The molecule has 2 aromatic rings. The van der Waals surface area contributed by atoms with Crippen LogP contribution in [0.1, 0.15) is 26.5 Å². The molecule has 3 amide bonds. The number of anilines is 1. The number of ether oxygens (including phenoxy) is 1. The number of benzene rings is 1. The van der Waals surface area contributed by atoms with Gasteiger partial charge in [-0.25, -0.2) is 4.79 Å². The summed E-state index contributed by atoms with van der Waals surface area (Å²) in [7, 11) is 0. The normalized spacial score (nSPS) is 11.7. The Kier molecular flexibility index (Phi) is 6.45. The minimum absolute atomic E-state index is 0.0164. The van der Waals surface area contributed by atoms with Gasteiger partial charge in [-0.15, -0.1) is 0 Å². The second kappa shape index (κ2) is 8.77. The van der Waals surface area contributed by atoms with E-state index in [1.165, 1.54) is 6.26 Å². The van der Waals surface area contributed by atoms with Crippen LogP contribution in [0.25, 0.3) is 0 Å². The van der Waals surface area contributed by atoms with Crippen LogP contribution in [0.2, 0.25) is 0 Å². The fourth-order valence-corrected chi connectivity index (χ4v) is 2.09. The number of rotatable bonds is 7. The summed E-state index contributed by atoms with van der Waals surface area (Å²) in [4.78, 5) is 24.1. The molecule has 0 saturated heterocycles. The molecule has 7 nitrogen and oxygen atoms in total. The predicted molar refractivity (Wildman–Crippen MR) is 94.4 cm³/mol. The average Bonchev–Trinajstić information content (AvgIpc) is 3.07. The van der Waals surface area contributed by atoms with E-state index in [0.717, 1.165) is 0 Å². The second-order valence-corrected chi connectivity index (χ2v) is 5.78. The Bertz CT molecular complexity index is 698. The molecular formula is C18H23N3O4. The van der Waals surface area contributed by atoms with Crippen molar-refractivity contribution in [3.8, 4) is 5.75 Å². The van der Waals surface area contributed by atoms with Gasteiger partial charge in [-0.1, -0.05) is 12.1 Å². The van der Waals surface area contributed by atoms with Crippen LogP contribution in [-0.2, 0) is 11.3 Å². The predicted octanol–water partition coefficient (Wildman–Crippen LogP) is 2.89. The van der Waals surface area contributed by atoms with Crippen molar-refractivity contribution in [2.75, 3.05) is 5.32 Å². The van der Waals surface area contributed by atoms with Gasteiger partial charge in [-0.2, -0.15) is 0 Å². The molecule has 2 rings (SSSR count). The second-order valence-electron chi connectivity index (χ2n) is 5.78. The molecule has 0 radical (unpaired) electrons. The van der Waals surface area contributed by atoms with Gasteiger partial charge in [0.1, 0.15) is 17.6 Å². The molecule has 0 bridgehead atoms. The Balaban J connectivity index is 1.86. The summed E-state index contributed by atoms with van der Waals surface area (Å²) in [5, 5.41) is 7.98. The van der Waals surface area contributed by atoms with Crippen LogP contribution in [0.3, 0.4) is 0 Å². The van der Waals surface area contributed by atoms with Gasteiger partial charge in [-0.05, 0) is 45.0 Å². The van der Waals surface area contributed by atoms with Crippen LogP contribution < -0.4 is 20.7 Å². The zero-order chi connectivity index (χ0) is 18.2. The number of urea groups is 1. The van der Waals surface area contributed by atoms with Crippen molar-refractivity contribution in [3.63, 3.8) is 0 Å². The van der Waals surface area contributed by atoms with E-state index in [4.69, 9.17) is 9.15 Å². The molecule has 0 spiro atoms. The Morgan fingerprint density at radius 1 is 1.12 bits per heavy atom. The first-order valence-electron chi connectivity index (χ1n) is 8.09. The molecule has 0 unspecified atom stereocenters. The Labute approximate surface area is 146 Å². The number of carbonyl (C=O) groups excluding carboxylic acids is 2. The topological polar surface area (TPSA) is 92.6 Å². The standard InChI is InChI=1S/C18H23N3O4/c1-12(2)25-16-9-5-4-8-15(16)21-18(23)20-13(3)17(22)19-11-14-7-6-10-24-14/h4-10,12-13H,11H2,1-3H3,(H,19,22)(H2,20,21,23)/t13-/m0/s1. The maximum absolute atomic E-state index is 12.1. The smallest absolute Gasteiger partial charge is 0.319 e. The third-order valence-corrected chi connectivity index (χ3v) is 3.26. The number of nitrogens with one attached hydrogen (secondary N) is 3. The van der Waals surface area contributed by atoms with Gasteiger partial charge in [0.15, 0.2) is 0 Å². The minimum atomic E-state index is -0.701. The van der Waals surface area contributed by atoms with Crippen molar-refractivity contribution < 1.29 is 18.7 Å². The number of furan rings is 1.